The standard InChI is InChI=1S/C43H35N2O.C14H14N.Ir/c1-27(2)36-24-32(30-16-9-6-10-17-30)25-37(28(3)4)41(36)45-39-21-12-11-20-38(39)44-43(45)35-19-13-18-34-33-23-22-31(26-40(33)46-42(34)35)29-14-7-5-8-15-29;1-10-4-6-13(7-5-10)14-8-11(2)12(3)9-15-14;/h5-18,20-28H,1-4H3;4-6,8-9H,1-3H3;/q2*-1;/i;1D3,2D3,3D3;. The SMILES string of the molecule is CC(C)c1cc(-c2ccccc2)cc(C(C)C)c1-n1c(-c2[c-]ccc3c2oc2cc(-c4ccccc4)ccc23)nc2ccccc21.[2H]C([2H])([2H])c1c[c-]c(-c2cc(C([2H])([2H])[2H])c(C([2H])([2H])[2H])cn2)cc1.[Ir]. The van der Waals surface area contributed by atoms with Crippen LogP contribution in [0.15, 0.2) is 162 Å². The second kappa shape index (κ2) is 17.9. The van der Waals surface area contributed by atoms with E-state index in [0.717, 1.165) is 56.1 Å². The summed E-state index contributed by atoms with van der Waals surface area (Å²) in [6.07, 6.45) is 1.02. The van der Waals surface area contributed by atoms with Crippen molar-refractivity contribution in [1.82, 2.24) is 14.5 Å². The average Bonchev–Trinajstić information content (AvgIpc) is 3.92. The van der Waals surface area contributed by atoms with E-state index in [1.807, 2.05) is 12.1 Å². The number of furan rings is 1. The summed E-state index contributed by atoms with van der Waals surface area (Å²) in [6, 6.07) is 56.6. The van der Waals surface area contributed by atoms with Gasteiger partial charge in [-0.1, -0.05) is 142 Å². The molecule has 0 aliphatic rings. The topological polar surface area (TPSA) is 43.9 Å². The maximum atomic E-state index is 7.54. The maximum Gasteiger partial charge on any atom is 0.121 e. The summed E-state index contributed by atoms with van der Waals surface area (Å²) in [5.41, 5.74) is 13.1. The summed E-state index contributed by atoms with van der Waals surface area (Å²) < 4.78 is 76.0. The van der Waals surface area contributed by atoms with E-state index in [4.69, 9.17) is 21.7 Å². The van der Waals surface area contributed by atoms with Gasteiger partial charge in [0, 0.05) is 49.7 Å². The van der Waals surface area contributed by atoms with Crippen molar-refractivity contribution in [1.29, 1.82) is 0 Å². The maximum absolute atomic E-state index is 7.54. The van der Waals surface area contributed by atoms with Gasteiger partial charge in [0.15, 0.2) is 0 Å². The van der Waals surface area contributed by atoms with Crippen molar-refractivity contribution in [2.24, 2.45) is 0 Å². The molecule has 7 aromatic carbocycles. The third kappa shape index (κ3) is 8.19. The molecule has 0 saturated heterocycles. The van der Waals surface area contributed by atoms with Crippen molar-refractivity contribution in [3.63, 3.8) is 0 Å². The molecular formula is C57H49IrN3O-2. The van der Waals surface area contributed by atoms with Gasteiger partial charge in [0.25, 0.3) is 0 Å². The fourth-order valence-corrected chi connectivity index (χ4v) is 7.94. The van der Waals surface area contributed by atoms with Crippen molar-refractivity contribution in [2.45, 2.75) is 60.1 Å². The quantitative estimate of drug-likeness (QED) is 0.149. The van der Waals surface area contributed by atoms with Crippen LogP contribution in [0.5, 0.6) is 0 Å². The molecule has 0 saturated carbocycles. The molecule has 62 heavy (non-hydrogen) atoms. The van der Waals surface area contributed by atoms with Crippen LogP contribution in [0.1, 0.15) is 79.7 Å². The number of hydrogen-bond acceptors (Lipinski definition) is 3. The van der Waals surface area contributed by atoms with Crippen LogP contribution >= 0.6 is 0 Å². The molecule has 0 N–H and O–H groups in total. The Kier molecular flexibility index (Phi) is 9.34. The van der Waals surface area contributed by atoms with Crippen LogP contribution in [-0.2, 0) is 20.1 Å². The first-order chi connectivity index (χ1) is 33.3. The number of imidazole rings is 1. The second-order valence-electron chi connectivity index (χ2n) is 15.8. The minimum atomic E-state index is -2.61. The molecule has 0 spiro atoms. The third-order valence-corrected chi connectivity index (χ3v) is 11.1. The van der Waals surface area contributed by atoms with Crippen LogP contribution < -0.4 is 0 Å². The Labute approximate surface area is 391 Å². The third-order valence-electron chi connectivity index (χ3n) is 11.1. The first-order valence-electron chi connectivity index (χ1n) is 25.0. The van der Waals surface area contributed by atoms with Crippen LogP contribution in [0, 0.1) is 32.7 Å². The minimum absolute atomic E-state index is 0. The molecule has 4 nitrogen and oxygen atoms in total. The van der Waals surface area contributed by atoms with E-state index < -0.39 is 20.6 Å². The largest absolute Gasteiger partial charge is 0.501 e. The summed E-state index contributed by atoms with van der Waals surface area (Å²) in [7, 11) is 0. The van der Waals surface area contributed by atoms with Gasteiger partial charge >= 0.3 is 0 Å². The number of benzene rings is 7. The number of fused-ring (bicyclic) bond motifs is 4. The van der Waals surface area contributed by atoms with Crippen LogP contribution in [0.25, 0.3) is 83.6 Å². The normalized spacial score (nSPS) is 14.1. The van der Waals surface area contributed by atoms with Crippen molar-refractivity contribution < 1.29 is 36.9 Å². The van der Waals surface area contributed by atoms with Gasteiger partial charge in [0.05, 0.1) is 22.4 Å². The van der Waals surface area contributed by atoms with E-state index in [1.165, 1.54) is 57.8 Å². The zero-order valence-electron chi connectivity index (χ0n) is 43.7. The number of hydrogen-bond donors (Lipinski definition) is 0. The summed E-state index contributed by atoms with van der Waals surface area (Å²) in [5, 5.41) is 2.15. The van der Waals surface area contributed by atoms with Crippen LogP contribution in [0.3, 0.4) is 0 Å². The Morgan fingerprint density at radius 1 is 0.629 bits per heavy atom. The predicted octanol–water partition coefficient (Wildman–Crippen LogP) is 15.4. The van der Waals surface area contributed by atoms with Gasteiger partial charge in [-0.2, -0.15) is 0 Å². The molecule has 10 aromatic rings. The Balaban J connectivity index is 0.000000230. The molecule has 0 aliphatic heterocycles. The Bertz CT molecular complexity index is 3470. The number of aryl methyl sites for hydroxylation is 3. The summed E-state index contributed by atoms with van der Waals surface area (Å²) in [4.78, 5) is 9.30. The number of rotatable bonds is 7. The van der Waals surface area contributed by atoms with Gasteiger partial charge in [-0.15, -0.1) is 53.6 Å². The van der Waals surface area contributed by atoms with Gasteiger partial charge < -0.3 is 14.0 Å². The van der Waals surface area contributed by atoms with Crippen molar-refractivity contribution in [3.05, 3.63) is 198 Å². The molecular weight excluding hydrogens is 935 g/mol. The molecule has 0 aliphatic carbocycles. The van der Waals surface area contributed by atoms with E-state index in [-0.39, 0.29) is 54.3 Å². The molecule has 0 bridgehead atoms. The van der Waals surface area contributed by atoms with E-state index in [0.29, 0.717) is 5.56 Å². The van der Waals surface area contributed by atoms with Crippen LogP contribution in [0.2, 0.25) is 0 Å². The molecule has 3 heterocycles. The molecule has 309 valence electrons. The van der Waals surface area contributed by atoms with Crippen molar-refractivity contribution >= 4 is 33.0 Å². The van der Waals surface area contributed by atoms with Gasteiger partial charge in [-0.05, 0) is 101 Å². The van der Waals surface area contributed by atoms with E-state index >= 15 is 0 Å². The fraction of sp³-hybridized carbons (Fsp3) is 0.158. The van der Waals surface area contributed by atoms with E-state index in [2.05, 4.69) is 165 Å². The van der Waals surface area contributed by atoms with Crippen molar-refractivity contribution in [2.75, 3.05) is 0 Å². The molecule has 0 fully saturated rings. The first-order valence-corrected chi connectivity index (χ1v) is 20.5. The molecule has 3 aromatic heterocycles. The molecule has 0 atom stereocenters. The molecule has 1 radical (unpaired) electrons. The molecule has 10 rings (SSSR count). The second-order valence-corrected chi connectivity index (χ2v) is 15.8. The predicted molar refractivity (Wildman–Crippen MR) is 254 cm³/mol. The number of para-hydroxylation sites is 2. The van der Waals surface area contributed by atoms with E-state index in [9.17, 15) is 0 Å². The zero-order chi connectivity index (χ0) is 49.7. The summed E-state index contributed by atoms with van der Waals surface area (Å²) in [6.45, 7) is 1.67. The van der Waals surface area contributed by atoms with Crippen LogP contribution in [0.4, 0.5) is 0 Å². The fourth-order valence-electron chi connectivity index (χ4n) is 7.94. The molecule has 0 amide bonds. The zero-order valence-corrected chi connectivity index (χ0v) is 37.1. The average molecular weight is 993 g/mol. The van der Waals surface area contributed by atoms with E-state index in [1.54, 1.807) is 0 Å². The number of nitrogens with zero attached hydrogens (tertiary/aromatic N) is 3. The number of pyridine rings is 1. The Hall–Kier alpha value is -6.39. The number of aromatic nitrogens is 3. The van der Waals surface area contributed by atoms with Gasteiger partial charge in [0.1, 0.15) is 5.58 Å². The van der Waals surface area contributed by atoms with Crippen molar-refractivity contribution in [3.8, 4) is 50.6 Å². The van der Waals surface area contributed by atoms with Gasteiger partial charge in [-0.25, -0.2) is 0 Å². The first kappa shape index (κ1) is 32.3. The minimum Gasteiger partial charge on any atom is -0.501 e. The van der Waals surface area contributed by atoms with Gasteiger partial charge in [0.2, 0.25) is 0 Å². The Morgan fingerprint density at radius 3 is 1.98 bits per heavy atom. The summed E-state index contributed by atoms with van der Waals surface area (Å²) in [5.74, 6) is 1.41. The van der Waals surface area contributed by atoms with Crippen LogP contribution in [-0.4, -0.2) is 14.5 Å². The smallest absolute Gasteiger partial charge is 0.121 e. The Morgan fingerprint density at radius 2 is 1.32 bits per heavy atom. The monoisotopic (exact) mass is 993 g/mol. The summed E-state index contributed by atoms with van der Waals surface area (Å²) >= 11 is 0. The van der Waals surface area contributed by atoms with Gasteiger partial charge in [-0.3, -0.25) is 4.98 Å². The molecule has 5 heteroatoms. The molecule has 0 unspecified atom stereocenters.